The van der Waals surface area contributed by atoms with Gasteiger partial charge in [-0.1, -0.05) is 133 Å². The van der Waals surface area contributed by atoms with E-state index in [1.165, 1.54) is 16.2 Å². The number of hydrogen-bond donors (Lipinski definition) is 0. The molecular weight excluding hydrogens is 687 g/mol. The number of rotatable bonds is 4. The Bertz CT molecular complexity index is 3550. The van der Waals surface area contributed by atoms with Crippen LogP contribution in [-0.4, -0.2) is 15.0 Å². The molecule has 260 valence electrons. The van der Waals surface area contributed by atoms with Gasteiger partial charge >= 0.3 is 0 Å². The maximum absolute atomic E-state index is 6.72. The molecule has 0 bridgehead atoms. The third-order valence-electron chi connectivity index (χ3n) is 11.1. The van der Waals surface area contributed by atoms with Gasteiger partial charge in [-0.25, -0.2) is 15.0 Å². The Morgan fingerprint density at radius 3 is 1.73 bits per heavy atom. The first-order chi connectivity index (χ1) is 27.7. The van der Waals surface area contributed by atoms with Crippen molar-refractivity contribution in [3.8, 4) is 45.3 Å². The lowest BCUT2D eigenvalue weighted by Crippen LogP contribution is -2.00. The van der Waals surface area contributed by atoms with Crippen LogP contribution >= 0.6 is 0 Å². The number of aromatic nitrogens is 3. The summed E-state index contributed by atoms with van der Waals surface area (Å²) in [4.78, 5) is 15.6. The lowest BCUT2D eigenvalue weighted by molar-refractivity contribution is 0.670. The van der Waals surface area contributed by atoms with Crippen LogP contribution < -0.4 is 0 Å². The van der Waals surface area contributed by atoms with Gasteiger partial charge in [-0.3, -0.25) is 0 Å². The average molecular weight is 716 g/mol. The van der Waals surface area contributed by atoms with Gasteiger partial charge in [0.1, 0.15) is 22.3 Å². The second-order valence-electron chi connectivity index (χ2n) is 14.3. The van der Waals surface area contributed by atoms with Gasteiger partial charge in [0.25, 0.3) is 0 Å². The molecule has 3 heterocycles. The number of furan rings is 2. The van der Waals surface area contributed by atoms with Crippen molar-refractivity contribution in [2.45, 2.75) is 0 Å². The fourth-order valence-electron chi connectivity index (χ4n) is 8.43. The highest BCUT2D eigenvalue weighted by Gasteiger charge is 2.22. The summed E-state index contributed by atoms with van der Waals surface area (Å²) in [6.07, 6.45) is 0. The van der Waals surface area contributed by atoms with E-state index < -0.39 is 0 Å². The summed E-state index contributed by atoms with van der Waals surface area (Å²) in [5.41, 5.74) is 7.86. The zero-order chi connectivity index (χ0) is 36.7. The molecule has 0 atom stereocenters. The molecule has 0 aliphatic heterocycles. The molecule has 5 heteroatoms. The van der Waals surface area contributed by atoms with Crippen LogP contribution in [0.15, 0.2) is 185 Å². The lowest BCUT2D eigenvalue weighted by Gasteiger charge is -2.13. The summed E-state index contributed by atoms with van der Waals surface area (Å²) in [6, 6.07) is 61.0. The molecule has 0 N–H and O–H groups in total. The third-order valence-corrected chi connectivity index (χ3v) is 11.1. The minimum atomic E-state index is 0.540. The SMILES string of the molecule is c1ccc(-c2nc(-c3cc(-c4cc5ccccc5c5ccccc45)c4oc5ccccc5c4c3)nc(-c3cccc4c3oc3cc5ccccc5cc34)n2)cc1. The summed E-state index contributed by atoms with van der Waals surface area (Å²) in [5, 5.41) is 11.1. The second-order valence-corrected chi connectivity index (χ2v) is 14.3. The molecule has 12 aromatic rings. The van der Waals surface area contributed by atoms with Crippen molar-refractivity contribution in [3.63, 3.8) is 0 Å². The number of benzene rings is 9. The maximum atomic E-state index is 6.72. The van der Waals surface area contributed by atoms with Crippen LogP contribution in [0, 0.1) is 0 Å². The van der Waals surface area contributed by atoms with E-state index in [-0.39, 0.29) is 0 Å². The predicted molar refractivity (Wildman–Crippen MR) is 229 cm³/mol. The van der Waals surface area contributed by atoms with Crippen molar-refractivity contribution in [2.24, 2.45) is 0 Å². The highest BCUT2D eigenvalue weighted by atomic mass is 16.3. The molecule has 5 nitrogen and oxygen atoms in total. The van der Waals surface area contributed by atoms with Crippen molar-refractivity contribution < 1.29 is 8.83 Å². The van der Waals surface area contributed by atoms with Crippen LogP contribution in [0.25, 0.3) is 121 Å². The summed E-state index contributed by atoms with van der Waals surface area (Å²) >= 11 is 0. The van der Waals surface area contributed by atoms with E-state index in [1.807, 2.05) is 48.5 Å². The van der Waals surface area contributed by atoms with Crippen LogP contribution in [0.1, 0.15) is 0 Å². The van der Waals surface area contributed by atoms with E-state index in [2.05, 4.69) is 127 Å². The Hall–Kier alpha value is -7.63. The van der Waals surface area contributed by atoms with Gasteiger partial charge in [0.15, 0.2) is 17.5 Å². The molecule has 0 aliphatic carbocycles. The normalized spacial score (nSPS) is 11.9. The Balaban J connectivity index is 1.15. The van der Waals surface area contributed by atoms with E-state index in [1.54, 1.807) is 0 Å². The van der Waals surface area contributed by atoms with Crippen LogP contribution in [0.5, 0.6) is 0 Å². The first-order valence-corrected chi connectivity index (χ1v) is 18.8. The van der Waals surface area contributed by atoms with Crippen molar-refractivity contribution in [2.75, 3.05) is 0 Å². The number of para-hydroxylation sites is 2. The zero-order valence-electron chi connectivity index (χ0n) is 29.9. The summed E-state index contributed by atoms with van der Waals surface area (Å²) in [5.74, 6) is 1.68. The summed E-state index contributed by atoms with van der Waals surface area (Å²) < 4.78 is 13.4. The van der Waals surface area contributed by atoms with Crippen LogP contribution in [-0.2, 0) is 0 Å². The number of hydrogen-bond acceptors (Lipinski definition) is 5. The van der Waals surface area contributed by atoms with Gasteiger partial charge in [0.05, 0.1) is 5.56 Å². The molecular formula is C51H29N3O2. The first-order valence-electron chi connectivity index (χ1n) is 18.8. The van der Waals surface area contributed by atoms with Crippen molar-refractivity contribution in [3.05, 3.63) is 176 Å². The topological polar surface area (TPSA) is 65.0 Å². The molecule has 0 spiro atoms. The maximum Gasteiger partial charge on any atom is 0.167 e. The van der Waals surface area contributed by atoms with E-state index in [4.69, 9.17) is 23.8 Å². The molecule has 0 radical (unpaired) electrons. The quantitative estimate of drug-likeness (QED) is 0.170. The summed E-state index contributed by atoms with van der Waals surface area (Å²) in [7, 11) is 0. The lowest BCUT2D eigenvalue weighted by atomic mass is 9.91. The molecule has 3 aromatic heterocycles. The average Bonchev–Trinajstić information content (AvgIpc) is 3.83. The molecule has 0 amide bonds. The van der Waals surface area contributed by atoms with Crippen LogP contribution in [0.2, 0.25) is 0 Å². The first kappa shape index (κ1) is 30.8. The molecule has 56 heavy (non-hydrogen) atoms. The van der Waals surface area contributed by atoms with Crippen LogP contribution in [0.3, 0.4) is 0 Å². The van der Waals surface area contributed by atoms with Crippen molar-refractivity contribution >= 4 is 76.2 Å². The van der Waals surface area contributed by atoms with Gasteiger partial charge in [0, 0.05) is 38.2 Å². The molecule has 0 aliphatic rings. The molecule has 0 saturated heterocycles. The standard InChI is InChI=1S/C51H29N3O2/c1-2-13-30(14-3-1)49-52-50(54-51(53-49)40-23-12-22-39-42-25-31-15-4-5-16-32(31)29-46(42)56-47(39)40)34-27-43-38-21-10-11-24-45(38)55-48(43)44(28-34)41-26-33-17-6-7-18-35(33)36-19-8-9-20-37(36)41/h1-29H. The van der Waals surface area contributed by atoms with Gasteiger partial charge in [-0.05, 0) is 80.3 Å². The molecule has 12 rings (SSSR count). The Morgan fingerprint density at radius 2 is 0.893 bits per heavy atom. The molecule has 0 unspecified atom stereocenters. The molecule has 0 fully saturated rings. The smallest absolute Gasteiger partial charge is 0.167 e. The molecule has 9 aromatic carbocycles. The minimum absolute atomic E-state index is 0.540. The van der Waals surface area contributed by atoms with E-state index >= 15 is 0 Å². The van der Waals surface area contributed by atoms with Crippen molar-refractivity contribution in [1.29, 1.82) is 0 Å². The van der Waals surface area contributed by atoms with Gasteiger partial charge < -0.3 is 8.83 Å². The third kappa shape index (κ3) is 4.71. The van der Waals surface area contributed by atoms with E-state index in [0.29, 0.717) is 17.5 Å². The molecule has 0 saturated carbocycles. The van der Waals surface area contributed by atoms with E-state index in [9.17, 15) is 0 Å². The van der Waals surface area contributed by atoms with Gasteiger partial charge in [-0.2, -0.15) is 0 Å². The van der Waals surface area contributed by atoms with Gasteiger partial charge in [0.2, 0.25) is 0 Å². The zero-order valence-corrected chi connectivity index (χ0v) is 29.9. The number of fused-ring (bicyclic) bond motifs is 10. The Labute approximate surface area is 320 Å². The second kappa shape index (κ2) is 11.9. The highest BCUT2D eigenvalue weighted by molar-refractivity contribution is 6.19. The largest absolute Gasteiger partial charge is 0.455 e. The fraction of sp³-hybridized carbons (Fsp3) is 0. The fourth-order valence-corrected chi connectivity index (χ4v) is 8.43. The monoisotopic (exact) mass is 715 g/mol. The highest BCUT2D eigenvalue weighted by Crippen LogP contribution is 2.44. The predicted octanol–water partition coefficient (Wildman–Crippen LogP) is 13.8. The Morgan fingerprint density at radius 1 is 0.286 bits per heavy atom. The van der Waals surface area contributed by atoms with E-state index in [0.717, 1.165) is 87.9 Å². The number of nitrogens with zero attached hydrogens (tertiary/aromatic N) is 3. The van der Waals surface area contributed by atoms with Crippen molar-refractivity contribution in [1.82, 2.24) is 15.0 Å². The van der Waals surface area contributed by atoms with Crippen LogP contribution in [0.4, 0.5) is 0 Å². The summed E-state index contributed by atoms with van der Waals surface area (Å²) in [6.45, 7) is 0. The Kier molecular flexibility index (Phi) is 6.56. The minimum Gasteiger partial charge on any atom is -0.455 e. The van der Waals surface area contributed by atoms with Gasteiger partial charge in [-0.15, -0.1) is 0 Å².